The van der Waals surface area contributed by atoms with Gasteiger partial charge in [-0.25, -0.2) is 4.98 Å². The molecule has 0 bridgehead atoms. The smallest absolute Gasteiger partial charge is 0.256 e. The van der Waals surface area contributed by atoms with E-state index in [2.05, 4.69) is 20.5 Å². The number of amides is 2. The SMILES string of the molecule is CN(CC(=O)Nc1ccc(C2NC(=O)c3cccnc3N2C)cc1)C1CCCCC1. The summed E-state index contributed by atoms with van der Waals surface area (Å²) in [5.41, 5.74) is 2.26. The van der Waals surface area contributed by atoms with Crippen molar-refractivity contribution < 1.29 is 9.59 Å². The van der Waals surface area contributed by atoms with Gasteiger partial charge in [-0.05, 0) is 49.7 Å². The highest BCUT2D eigenvalue weighted by atomic mass is 16.2. The molecule has 1 aromatic heterocycles. The molecule has 7 nitrogen and oxygen atoms in total. The first kappa shape index (κ1) is 20.3. The van der Waals surface area contributed by atoms with Crippen LogP contribution in [0, 0.1) is 0 Å². The van der Waals surface area contributed by atoms with Gasteiger partial charge in [0, 0.05) is 25.0 Å². The molecule has 2 aliphatic rings. The van der Waals surface area contributed by atoms with Crippen molar-refractivity contribution in [3.63, 3.8) is 0 Å². The molecule has 1 aromatic carbocycles. The highest BCUT2D eigenvalue weighted by molar-refractivity contribution is 6.01. The molecule has 1 saturated carbocycles. The van der Waals surface area contributed by atoms with E-state index in [0.29, 0.717) is 24.0 Å². The van der Waals surface area contributed by atoms with Gasteiger partial charge < -0.3 is 15.5 Å². The van der Waals surface area contributed by atoms with E-state index >= 15 is 0 Å². The molecular formula is C23H29N5O2. The first-order valence-electron chi connectivity index (χ1n) is 10.6. The van der Waals surface area contributed by atoms with Crippen molar-refractivity contribution in [3.8, 4) is 0 Å². The van der Waals surface area contributed by atoms with Gasteiger partial charge in [-0.2, -0.15) is 0 Å². The standard InChI is InChI=1S/C23H29N5O2/c1-27(18-7-4-3-5-8-18)15-20(29)25-17-12-10-16(11-13-17)21-26-23(30)19-9-6-14-24-22(19)28(21)2/h6,9-14,18,21H,3-5,7-8,15H2,1-2H3,(H,25,29)(H,26,30). The maximum absolute atomic E-state index is 12.5. The molecule has 1 fully saturated rings. The molecule has 0 radical (unpaired) electrons. The number of nitrogens with one attached hydrogen (secondary N) is 2. The van der Waals surface area contributed by atoms with Gasteiger partial charge in [0.1, 0.15) is 12.0 Å². The summed E-state index contributed by atoms with van der Waals surface area (Å²) in [6.07, 6.45) is 7.56. The van der Waals surface area contributed by atoms with Gasteiger partial charge in [0.25, 0.3) is 5.91 Å². The summed E-state index contributed by atoms with van der Waals surface area (Å²) in [5, 5.41) is 6.00. The number of aromatic nitrogens is 1. The van der Waals surface area contributed by atoms with Crippen LogP contribution in [-0.4, -0.2) is 48.4 Å². The minimum atomic E-state index is -0.304. The molecule has 158 valence electrons. The lowest BCUT2D eigenvalue weighted by Crippen LogP contribution is -2.45. The molecule has 7 heteroatoms. The number of fused-ring (bicyclic) bond motifs is 1. The van der Waals surface area contributed by atoms with Gasteiger partial charge in [-0.1, -0.05) is 31.4 Å². The van der Waals surface area contributed by atoms with Crippen LogP contribution in [-0.2, 0) is 4.79 Å². The fourth-order valence-corrected chi connectivity index (χ4v) is 4.41. The van der Waals surface area contributed by atoms with Crippen LogP contribution in [0.2, 0.25) is 0 Å². The normalized spacial score (nSPS) is 19.4. The van der Waals surface area contributed by atoms with E-state index in [4.69, 9.17) is 0 Å². The van der Waals surface area contributed by atoms with Crippen molar-refractivity contribution in [3.05, 3.63) is 53.7 Å². The van der Waals surface area contributed by atoms with Gasteiger partial charge in [0.05, 0.1) is 12.1 Å². The number of hydrogen-bond donors (Lipinski definition) is 2. The first-order chi connectivity index (χ1) is 14.5. The molecule has 2 amide bonds. The Morgan fingerprint density at radius 1 is 1.20 bits per heavy atom. The number of pyridine rings is 1. The maximum atomic E-state index is 12.5. The molecule has 30 heavy (non-hydrogen) atoms. The van der Waals surface area contributed by atoms with E-state index in [1.807, 2.05) is 43.3 Å². The average Bonchev–Trinajstić information content (AvgIpc) is 2.77. The van der Waals surface area contributed by atoms with Gasteiger partial charge in [0.15, 0.2) is 0 Å². The van der Waals surface area contributed by atoms with Gasteiger partial charge in [-0.3, -0.25) is 14.5 Å². The van der Waals surface area contributed by atoms with E-state index < -0.39 is 0 Å². The van der Waals surface area contributed by atoms with E-state index in [0.717, 1.165) is 11.3 Å². The number of anilines is 2. The van der Waals surface area contributed by atoms with Crippen molar-refractivity contribution in [1.82, 2.24) is 15.2 Å². The molecule has 2 aromatic rings. The Hall–Kier alpha value is -2.93. The number of benzene rings is 1. The van der Waals surface area contributed by atoms with Gasteiger partial charge >= 0.3 is 0 Å². The summed E-state index contributed by atoms with van der Waals surface area (Å²) in [7, 11) is 3.94. The predicted molar refractivity (Wildman–Crippen MR) is 117 cm³/mol. The minimum absolute atomic E-state index is 0.00274. The second-order valence-electron chi connectivity index (χ2n) is 8.24. The molecule has 2 N–H and O–H groups in total. The predicted octanol–water partition coefficient (Wildman–Crippen LogP) is 3.16. The monoisotopic (exact) mass is 407 g/mol. The molecule has 1 atom stereocenters. The van der Waals surface area contributed by atoms with E-state index in [9.17, 15) is 9.59 Å². The van der Waals surface area contributed by atoms with Crippen molar-refractivity contribution in [2.45, 2.75) is 44.3 Å². The summed E-state index contributed by atoms with van der Waals surface area (Å²) in [6.45, 7) is 0.399. The molecule has 1 aliphatic heterocycles. The quantitative estimate of drug-likeness (QED) is 0.796. The van der Waals surface area contributed by atoms with Crippen molar-refractivity contribution in [2.24, 2.45) is 0 Å². The second kappa shape index (κ2) is 8.83. The summed E-state index contributed by atoms with van der Waals surface area (Å²) < 4.78 is 0. The fourth-order valence-electron chi connectivity index (χ4n) is 4.41. The zero-order valence-corrected chi connectivity index (χ0v) is 17.6. The van der Waals surface area contributed by atoms with Crippen LogP contribution >= 0.6 is 0 Å². The van der Waals surface area contributed by atoms with Crippen molar-refractivity contribution >= 4 is 23.3 Å². The van der Waals surface area contributed by atoms with E-state index in [1.54, 1.807) is 18.3 Å². The number of rotatable bonds is 5. The summed E-state index contributed by atoms with van der Waals surface area (Å²) in [5.74, 6) is 0.524. The highest BCUT2D eigenvalue weighted by Crippen LogP contribution is 2.30. The highest BCUT2D eigenvalue weighted by Gasteiger charge is 2.30. The lowest BCUT2D eigenvalue weighted by atomic mass is 9.94. The topological polar surface area (TPSA) is 77.6 Å². The molecule has 0 spiro atoms. The Kier molecular flexibility index (Phi) is 5.99. The van der Waals surface area contributed by atoms with Crippen LogP contribution in [0.4, 0.5) is 11.5 Å². The first-order valence-corrected chi connectivity index (χ1v) is 10.6. The molecule has 0 saturated heterocycles. The number of likely N-dealkylation sites (N-methyl/N-ethyl adjacent to an activating group) is 1. The van der Waals surface area contributed by atoms with Crippen LogP contribution in [0.3, 0.4) is 0 Å². The lowest BCUT2D eigenvalue weighted by Gasteiger charge is -2.35. The van der Waals surface area contributed by atoms with Gasteiger partial charge in [0.2, 0.25) is 5.91 Å². The van der Waals surface area contributed by atoms with Gasteiger partial charge in [-0.15, -0.1) is 0 Å². The van der Waals surface area contributed by atoms with Crippen molar-refractivity contribution in [2.75, 3.05) is 30.9 Å². The Morgan fingerprint density at radius 2 is 1.93 bits per heavy atom. The molecule has 2 heterocycles. The van der Waals surface area contributed by atoms with Crippen LogP contribution in [0.15, 0.2) is 42.6 Å². The van der Waals surface area contributed by atoms with Crippen LogP contribution in [0.5, 0.6) is 0 Å². The largest absolute Gasteiger partial charge is 0.335 e. The fraction of sp³-hybridized carbons (Fsp3) is 0.435. The lowest BCUT2D eigenvalue weighted by molar-refractivity contribution is -0.117. The molecule has 4 rings (SSSR count). The number of carbonyl (C=O) groups is 2. The molecule has 1 aliphatic carbocycles. The van der Waals surface area contributed by atoms with E-state index in [-0.39, 0.29) is 18.0 Å². The molecular weight excluding hydrogens is 378 g/mol. The third-order valence-corrected chi connectivity index (χ3v) is 6.12. The molecule has 1 unspecified atom stereocenters. The summed E-state index contributed by atoms with van der Waals surface area (Å²) >= 11 is 0. The third kappa shape index (κ3) is 4.31. The number of carbonyl (C=O) groups excluding carboxylic acids is 2. The zero-order chi connectivity index (χ0) is 21.1. The minimum Gasteiger partial charge on any atom is -0.335 e. The van der Waals surface area contributed by atoms with Crippen LogP contribution in [0.25, 0.3) is 0 Å². The van der Waals surface area contributed by atoms with E-state index in [1.165, 1.54) is 32.1 Å². The Morgan fingerprint density at radius 3 is 2.67 bits per heavy atom. The average molecular weight is 408 g/mol. The summed E-state index contributed by atoms with van der Waals surface area (Å²) in [6, 6.07) is 11.6. The summed E-state index contributed by atoms with van der Waals surface area (Å²) in [4.78, 5) is 33.3. The Balaban J connectivity index is 1.38. The van der Waals surface area contributed by atoms with Crippen LogP contribution < -0.4 is 15.5 Å². The number of nitrogens with zero attached hydrogens (tertiary/aromatic N) is 3. The maximum Gasteiger partial charge on any atom is 0.256 e. The zero-order valence-electron chi connectivity index (χ0n) is 17.6. The van der Waals surface area contributed by atoms with Crippen LogP contribution in [0.1, 0.15) is 54.2 Å². The Bertz CT molecular complexity index is 908. The third-order valence-electron chi connectivity index (χ3n) is 6.12. The second-order valence-corrected chi connectivity index (χ2v) is 8.24. The van der Waals surface area contributed by atoms with Crippen molar-refractivity contribution in [1.29, 1.82) is 0 Å². The Labute approximate surface area is 177 Å². The number of hydrogen-bond acceptors (Lipinski definition) is 5.